The number of carbonyl (C=O) groups excluding carboxylic acids is 1. The normalized spacial score (nSPS) is 25.7. The summed E-state index contributed by atoms with van der Waals surface area (Å²) >= 11 is 0. The topological polar surface area (TPSA) is 84.1 Å². The molecule has 0 aliphatic carbocycles. The number of rotatable bonds is 1. The third-order valence-electron chi connectivity index (χ3n) is 4.40. The van der Waals surface area contributed by atoms with Gasteiger partial charge < -0.3 is 16.0 Å². The second-order valence-electron chi connectivity index (χ2n) is 5.37. The van der Waals surface area contributed by atoms with Crippen molar-refractivity contribution in [2.75, 3.05) is 13.1 Å². The van der Waals surface area contributed by atoms with Crippen LogP contribution < -0.4 is 11.1 Å². The highest BCUT2D eigenvalue weighted by molar-refractivity contribution is 5.74. The van der Waals surface area contributed by atoms with Crippen molar-refractivity contribution in [2.24, 2.45) is 5.73 Å². The van der Waals surface area contributed by atoms with Crippen LogP contribution in [0, 0.1) is 0 Å². The molecule has 0 aromatic carbocycles. The van der Waals surface area contributed by atoms with Gasteiger partial charge in [0, 0.05) is 17.9 Å². The molecule has 0 saturated carbocycles. The van der Waals surface area contributed by atoms with Crippen molar-refractivity contribution in [1.29, 1.82) is 0 Å². The van der Waals surface area contributed by atoms with E-state index in [1.54, 1.807) is 18.6 Å². The van der Waals surface area contributed by atoms with Gasteiger partial charge in [-0.3, -0.25) is 9.97 Å². The molecule has 6 nitrogen and oxygen atoms in total. The van der Waals surface area contributed by atoms with Crippen molar-refractivity contribution in [3.05, 3.63) is 24.3 Å². The first-order valence-corrected chi connectivity index (χ1v) is 6.78. The zero-order valence-corrected chi connectivity index (χ0v) is 10.9. The van der Waals surface area contributed by atoms with Gasteiger partial charge >= 0.3 is 6.03 Å². The lowest BCUT2D eigenvalue weighted by Crippen LogP contribution is -2.55. The van der Waals surface area contributed by atoms with E-state index in [0.29, 0.717) is 0 Å². The average Bonchev–Trinajstić information content (AvgIpc) is 2.80. The number of nitrogens with two attached hydrogens (primary N) is 1. The van der Waals surface area contributed by atoms with Gasteiger partial charge in [0.2, 0.25) is 0 Å². The van der Waals surface area contributed by atoms with E-state index in [9.17, 15) is 4.79 Å². The molecular formula is C13H19N5O. The summed E-state index contributed by atoms with van der Waals surface area (Å²) in [4.78, 5) is 22.2. The van der Waals surface area contributed by atoms with E-state index >= 15 is 0 Å². The summed E-state index contributed by atoms with van der Waals surface area (Å²) in [6, 6.07) is -0.362. The molecule has 0 radical (unpaired) electrons. The summed E-state index contributed by atoms with van der Waals surface area (Å²) in [5.74, 6) is 0. The van der Waals surface area contributed by atoms with Gasteiger partial charge in [-0.2, -0.15) is 0 Å². The van der Waals surface area contributed by atoms with Crippen LogP contribution >= 0.6 is 0 Å². The summed E-state index contributed by atoms with van der Waals surface area (Å²) in [7, 11) is 0. The molecule has 1 unspecified atom stereocenters. The van der Waals surface area contributed by atoms with Gasteiger partial charge in [0.05, 0.1) is 17.9 Å². The molecule has 2 aliphatic rings. The lowest BCUT2D eigenvalue weighted by atomic mass is 9.86. The molecule has 1 aromatic heterocycles. The molecule has 1 atom stereocenters. The van der Waals surface area contributed by atoms with Gasteiger partial charge in [0.15, 0.2) is 0 Å². The standard InChI is InChI=1S/C13H19N5O/c14-12(19)18-11(10-9-16-7-8-17-10)1-2-13(18)3-5-15-6-4-13/h7-9,11,15H,1-6H2,(H2,14,19). The molecule has 2 saturated heterocycles. The third-order valence-corrected chi connectivity index (χ3v) is 4.40. The Balaban J connectivity index is 1.92. The number of nitrogens with zero attached hydrogens (tertiary/aromatic N) is 3. The minimum atomic E-state index is -0.338. The van der Waals surface area contributed by atoms with E-state index < -0.39 is 0 Å². The number of carbonyl (C=O) groups is 1. The minimum absolute atomic E-state index is 0.0238. The van der Waals surface area contributed by atoms with E-state index in [2.05, 4.69) is 15.3 Å². The molecule has 3 N–H and O–H groups in total. The highest BCUT2D eigenvalue weighted by atomic mass is 16.2. The fraction of sp³-hybridized carbons (Fsp3) is 0.615. The summed E-state index contributed by atoms with van der Waals surface area (Å²) in [6.07, 6.45) is 8.90. The Morgan fingerprint density at radius 1 is 1.37 bits per heavy atom. The number of amides is 2. The zero-order valence-electron chi connectivity index (χ0n) is 10.9. The quantitative estimate of drug-likeness (QED) is 0.783. The van der Waals surface area contributed by atoms with Crippen molar-refractivity contribution in [3.63, 3.8) is 0 Å². The van der Waals surface area contributed by atoms with E-state index in [-0.39, 0.29) is 17.6 Å². The first-order valence-electron chi connectivity index (χ1n) is 6.78. The van der Waals surface area contributed by atoms with Crippen LogP contribution in [0.1, 0.15) is 37.4 Å². The number of piperidine rings is 1. The lowest BCUT2D eigenvalue weighted by Gasteiger charge is -2.42. The monoisotopic (exact) mass is 261 g/mol. The molecule has 3 rings (SSSR count). The van der Waals surface area contributed by atoms with Gasteiger partial charge in [-0.25, -0.2) is 4.79 Å². The molecule has 102 valence electrons. The van der Waals surface area contributed by atoms with Crippen molar-refractivity contribution in [3.8, 4) is 0 Å². The number of nitrogens with one attached hydrogen (secondary N) is 1. The molecule has 0 bridgehead atoms. The van der Waals surface area contributed by atoms with Crippen LogP contribution in [0.4, 0.5) is 4.79 Å². The van der Waals surface area contributed by atoms with E-state index in [4.69, 9.17) is 5.73 Å². The van der Waals surface area contributed by atoms with Crippen LogP contribution in [0.5, 0.6) is 0 Å². The van der Waals surface area contributed by atoms with Crippen molar-refractivity contribution in [2.45, 2.75) is 37.3 Å². The number of hydrogen-bond acceptors (Lipinski definition) is 4. The molecular weight excluding hydrogens is 242 g/mol. The van der Waals surface area contributed by atoms with Gasteiger partial charge in [-0.15, -0.1) is 0 Å². The maximum atomic E-state index is 11.9. The highest BCUT2D eigenvalue weighted by Gasteiger charge is 2.49. The Morgan fingerprint density at radius 3 is 2.79 bits per heavy atom. The Labute approximate surface area is 112 Å². The van der Waals surface area contributed by atoms with Gasteiger partial charge in [-0.1, -0.05) is 0 Å². The van der Waals surface area contributed by atoms with Crippen LogP contribution in [0.25, 0.3) is 0 Å². The number of urea groups is 1. The molecule has 2 fully saturated rings. The fourth-order valence-corrected chi connectivity index (χ4v) is 3.52. The molecule has 19 heavy (non-hydrogen) atoms. The van der Waals surface area contributed by atoms with Crippen molar-refractivity contribution >= 4 is 6.03 Å². The molecule has 2 aliphatic heterocycles. The van der Waals surface area contributed by atoms with Crippen molar-refractivity contribution in [1.82, 2.24) is 20.2 Å². The molecule has 6 heteroatoms. The Morgan fingerprint density at radius 2 is 2.16 bits per heavy atom. The Kier molecular flexibility index (Phi) is 3.10. The summed E-state index contributed by atoms with van der Waals surface area (Å²) in [6.45, 7) is 1.88. The summed E-state index contributed by atoms with van der Waals surface area (Å²) in [5.41, 5.74) is 6.41. The van der Waals surface area contributed by atoms with Crippen LogP contribution in [0.15, 0.2) is 18.6 Å². The maximum absolute atomic E-state index is 11.9. The van der Waals surface area contributed by atoms with E-state index in [1.807, 2.05) is 4.90 Å². The van der Waals surface area contributed by atoms with Crippen LogP contribution in [-0.2, 0) is 0 Å². The third kappa shape index (κ3) is 2.06. The summed E-state index contributed by atoms with van der Waals surface area (Å²) in [5, 5.41) is 3.34. The SMILES string of the molecule is NC(=O)N1C(c2cnccn2)CCC12CCNCC2. The second kappa shape index (κ2) is 4.77. The minimum Gasteiger partial charge on any atom is -0.351 e. The fourth-order valence-electron chi connectivity index (χ4n) is 3.52. The smallest absolute Gasteiger partial charge is 0.315 e. The van der Waals surface area contributed by atoms with Crippen molar-refractivity contribution < 1.29 is 4.79 Å². The van der Waals surface area contributed by atoms with Crippen LogP contribution in [0.2, 0.25) is 0 Å². The lowest BCUT2D eigenvalue weighted by molar-refractivity contribution is 0.0998. The Bertz CT molecular complexity index is 457. The van der Waals surface area contributed by atoms with Gasteiger partial charge in [0.1, 0.15) is 0 Å². The van der Waals surface area contributed by atoms with Gasteiger partial charge in [0.25, 0.3) is 0 Å². The summed E-state index contributed by atoms with van der Waals surface area (Å²) < 4.78 is 0. The van der Waals surface area contributed by atoms with E-state index in [0.717, 1.165) is 44.5 Å². The predicted octanol–water partition coefficient (Wildman–Crippen LogP) is 0.814. The zero-order chi connectivity index (χ0) is 13.3. The highest BCUT2D eigenvalue weighted by Crippen LogP contribution is 2.46. The molecule has 1 aromatic rings. The first-order chi connectivity index (χ1) is 9.23. The van der Waals surface area contributed by atoms with Crippen LogP contribution in [-0.4, -0.2) is 39.5 Å². The molecule has 2 amide bonds. The van der Waals surface area contributed by atoms with E-state index in [1.165, 1.54) is 0 Å². The van der Waals surface area contributed by atoms with Crippen LogP contribution in [0.3, 0.4) is 0 Å². The Hall–Kier alpha value is -1.69. The predicted molar refractivity (Wildman–Crippen MR) is 70.3 cm³/mol. The first kappa shape index (κ1) is 12.3. The number of primary amides is 1. The van der Waals surface area contributed by atoms with Gasteiger partial charge in [-0.05, 0) is 38.8 Å². The second-order valence-corrected chi connectivity index (χ2v) is 5.37. The number of likely N-dealkylation sites (tertiary alicyclic amines) is 1. The largest absolute Gasteiger partial charge is 0.351 e. The average molecular weight is 261 g/mol. The molecule has 3 heterocycles. The maximum Gasteiger partial charge on any atom is 0.315 e. The number of aromatic nitrogens is 2. The molecule has 1 spiro atoms. The number of hydrogen-bond donors (Lipinski definition) is 2.